The number of piperidine rings is 1. The van der Waals surface area contributed by atoms with E-state index in [9.17, 15) is 4.79 Å². The number of carbonyl (C=O) groups is 1. The van der Waals surface area contributed by atoms with E-state index in [2.05, 4.69) is 10.3 Å². The molecule has 1 aromatic heterocycles. The Bertz CT molecular complexity index is 788. The third-order valence-corrected chi connectivity index (χ3v) is 5.03. The Morgan fingerprint density at radius 2 is 1.89 bits per heavy atom. The van der Waals surface area contributed by atoms with E-state index in [1.807, 2.05) is 31.2 Å². The summed E-state index contributed by atoms with van der Waals surface area (Å²) in [7, 11) is 4.76. The second-order valence-electron chi connectivity index (χ2n) is 6.74. The summed E-state index contributed by atoms with van der Waals surface area (Å²) < 4.78 is 16.3. The molecule has 2 aromatic rings. The second-order valence-corrected chi connectivity index (χ2v) is 6.74. The lowest BCUT2D eigenvalue weighted by atomic mass is 10.0. The van der Waals surface area contributed by atoms with Crippen LogP contribution in [-0.2, 0) is 4.79 Å². The van der Waals surface area contributed by atoms with E-state index >= 15 is 0 Å². The van der Waals surface area contributed by atoms with E-state index < -0.39 is 0 Å². The van der Waals surface area contributed by atoms with Crippen LogP contribution in [0.4, 0.5) is 5.69 Å². The van der Waals surface area contributed by atoms with Gasteiger partial charge in [0.15, 0.2) is 11.5 Å². The third-order valence-electron chi connectivity index (χ3n) is 5.03. The highest BCUT2D eigenvalue weighted by molar-refractivity contribution is 5.97. The smallest absolute Gasteiger partial charge is 0.244 e. The lowest BCUT2D eigenvalue weighted by Gasteiger charge is -2.34. The van der Waals surface area contributed by atoms with Gasteiger partial charge in [0.05, 0.1) is 39.3 Å². The molecule has 2 atom stereocenters. The number of nitrogens with one attached hydrogen (secondary N) is 1. The number of hydrogen-bond acceptors (Lipinski definition) is 6. The van der Waals surface area contributed by atoms with E-state index in [-0.39, 0.29) is 18.0 Å². The predicted molar refractivity (Wildman–Crippen MR) is 107 cm³/mol. The number of rotatable bonds is 7. The summed E-state index contributed by atoms with van der Waals surface area (Å²) in [5.74, 6) is 1.81. The van der Waals surface area contributed by atoms with E-state index in [4.69, 9.17) is 14.2 Å². The number of nitrogens with zero attached hydrogens (tertiary/aromatic N) is 2. The Balaban J connectivity index is 1.78. The minimum Gasteiger partial charge on any atom is -0.493 e. The van der Waals surface area contributed by atoms with Gasteiger partial charge in [-0.3, -0.25) is 15.1 Å². The van der Waals surface area contributed by atoms with Crippen LogP contribution in [0.2, 0.25) is 0 Å². The average molecular weight is 385 g/mol. The average Bonchev–Trinajstić information content (AvgIpc) is 2.74. The maximum absolute atomic E-state index is 13.0. The molecule has 1 amide bonds. The Morgan fingerprint density at radius 3 is 2.46 bits per heavy atom. The molecule has 1 N–H and O–H groups in total. The van der Waals surface area contributed by atoms with Crippen molar-refractivity contribution in [3.05, 3.63) is 42.2 Å². The van der Waals surface area contributed by atoms with E-state index in [0.717, 1.165) is 24.1 Å². The number of ether oxygens (including phenoxy) is 3. The Labute approximate surface area is 165 Å². The normalized spacial score (nSPS) is 17.9. The second kappa shape index (κ2) is 8.93. The maximum atomic E-state index is 13.0. The largest absolute Gasteiger partial charge is 0.493 e. The number of hydrogen-bond donors (Lipinski definition) is 1. The van der Waals surface area contributed by atoms with Crippen LogP contribution in [-0.4, -0.2) is 44.8 Å². The van der Waals surface area contributed by atoms with Crippen molar-refractivity contribution in [2.24, 2.45) is 0 Å². The van der Waals surface area contributed by atoms with Gasteiger partial charge in [0.1, 0.15) is 0 Å². The summed E-state index contributed by atoms with van der Waals surface area (Å²) in [6, 6.07) is 7.24. The third kappa shape index (κ3) is 4.04. The molecule has 1 aromatic carbocycles. The van der Waals surface area contributed by atoms with Gasteiger partial charge in [0, 0.05) is 18.8 Å². The van der Waals surface area contributed by atoms with Crippen molar-refractivity contribution < 1.29 is 19.0 Å². The molecule has 1 saturated heterocycles. The first-order chi connectivity index (χ1) is 13.6. The first-order valence-electron chi connectivity index (χ1n) is 9.36. The Hall–Kier alpha value is -2.80. The molecular formula is C21H27N3O4. The monoisotopic (exact) mass is 385 g/mol. The number of benzene rings is 1. The summed E-state index contributed by atoms with van der Waals surface area (Å²) in [5.41, 5.74) is 1.79. The SMILES string of the molecule is COc1cc([C@H](C)N[C@H]2CCCN(c3cccnc3)C2=O)cc(OC)c1OC. The van der Waals surface area contributed by atoms with Crippen molar-refractivity contribution in [3.8, 4) is 17.2 Å². The summed E-state index contributed by atoms with van der Waals surface area (Å²) in [4.78, 5) is 18.9. The van der Waals surface area contributed by atoms with Crippen molar-refractivity contribution >= 4 is 11.6 Å². The van der Waals surface area contributed by atoms with Crippen molar-refractivity contribution in [3.63, 3.8) is 0 Å². The molecule has 0 aliphatic carbocycles. The molecule has 0 radical (unpaired) electrons. The zero-order valence-corrected chi connectivity index (χ0v) is 16.8. The fraction of sp³-hybridized carbons (Fsp3) is 0.429. The lowest BCUT2D eigenvalue weighted by molar-refractivity contribution is -0.122. The van der Waals surface area contributed by atoms with Gasteiger partial charge in [-0.2, -0.15) is 0 Å². The summed E-state index contributed by atoms with van der Waals surface area (Å²) in [6.45, 7) is 2.73. The Kier molecular flexibility index (Phi) is 6.36. The van der Waals surface area contributed by atoms with Gasteiger partial charge in [-0.25, -0.2) is 0 Å². The molecule has 28 heavy (non-hydrogen) atoms. The van der Waals surface area contributed by atoms with Gasteiger partial charge in [-0.15, -0.1) is 0 Å². The van der Waals surface area contributed by atoms with Crippen LogP contribution < -0.4 is 24.4 Å². The van der Waals surface area contributed by atoms with Crippen LogP contribution in [0, 0.1) is 0 Å². The fourth-order valence-corrected chi connectivity index (χ4v) is 3.55. The Morgan fingerprint density at radius 1 is 1.18 bits per heavy atom. The molecule has 2 heterocycles. The zero-order valence-electron chi connectivity index (χ0n) is 16.8. The van der Waals surface area contributed by atoms with Crippen molar-refractivity contribution in [2.75, 3.05) is 32.8 Å². The van der Waals surface area contributed by atoms with Gasteiger partial charge < -0.3 is 19.1 Å². The van der Waals surface area contributed by atoms with Gasteiger partial charge in [-0.05, 0) is 49.6 Å². The van der Waals surface area contributed by atoms with Crippen molar-refractivity contribution in [1.82, 2.24) is 10.3 Å². The highest BCUT2D eigenvalue weighted by atomic mass is 16.5. The molecule has 7 heteroatoms. The molecular weight excluding hydrogens is 358 g/mol. The number of anilines is 1. The number of carbonyl (C=O) groups excluding carboxylic acids is 1. The molecule has 1 aliphatic rings. The van der Waals surface area contributed by atoms with Crippen molar-refractivity contribution in [2.45, 2.75) is 31.8 Å². The molecule has 0 spiro atoms. The highest BCUT2D eigenvalue weighted by Crippen LogP contribution is 2.39. The van der Waals surface area contributed by atoms with E-state index in [0.29, 0.717) is 23.8 Å². The van der Waals surface area contributed by atoms with E-state index in [1.165, 1.54) is 0 Å². The molecule has 3 rings (SSSR count). The molecule has 1 fully saturated rings. The fourth-order valence-electron chi connectivity index (χ4n) is 3.55. The summed E-state index contributed by atoms with van der Waals surface area (Å²) in [5, 5.41) is 3.46. The van der Waals surface area contributed by atoms with E-state index in [1.54, 1.807) is 38.6 Å². The molecule has 1 aliphatic heterocycles. The maximum Gasteiger partial charge on any atom is 0.244 e. The van der Waals surface area contributed by atoms with Crippen LogP contribution in [0.25, 0.3) is 0 Å². The number of amides is 1. The minimum atomic E-state index is -0.261. The predicted octanol–water partition coefficient (Wildman–Crippen LogP) is 2.95. The molecule has 0 saturated carbocycles. The summed E-state index contributed by atoms with van der Waals surface area (Å²) in [6.07, 6.45) is 5.16. The van der Waals surface area contributed by atoms with Crippen LogP contribution in [0.5, 0.6) is 17.2 Å². The topological polar surface area (TPSA) is 72.9 Å². The highest BCUT2D eigenvalue weighted by Gasteiger charge is 2.31. The lowest BCUT2D eigenvalue weighted by Crippen LogP contribution is -2.51. The molecule has 150 valence electrons. The van der Waals surface area contributed by atoms with Gasteiger partial charge in [-0.1, -0.05) is 0 Å². The minimum absolute atomic E-state index is 0.0681. The van der Waals surface area contributed by atoms with Crippen molar-refractivity contribution in [1.29, 1.82) is 0 Å². The first kappa shape index (κ1) is 19.9. The van der Waals surface area contributed by atoms with Crippen LogP contribution >= 0.6 is 0 Å². The zero-order chi connectivity index (χ0) is 20.1. The molecule has 0 unspecified atom stereocenters. The van der Waals surface area contributed by atoms with Gasteiger partial charge >= 0.3 is 0 Å². The number of methoxy groups -OCH3 is 3. The number of aromatic nitrogens is 1. The number of pyridine rings is 1. The standard InChI is InChI=1S/C21H27N3O4/c1-14(15-11-18(26-2)20(28-4)19(12-15)27-3)23-17-8-6-10-24(21(17)25)16-7-5-9-22-13-16/h5,7,9,11-14,17,23H,6,8,10H2,1-4H3/t14-,17-/m0/s1. The van der Waals surface area contributed by atoms with Crippen LogP contribution in [0.3, 0.4) is 0 Å². The van der Waals surface area contributed by atoms with Gasteiger partial charge in [0.2, 0.25) is 11.7 Å². The van der Waals surface area contributed by atoms with Gasteiger partial charge in [0.25, 0.3) is 0 Å². The van der Waals surface area contributed by atoms with Crippen LogP contribution in [0.1, 0.15) is 31.4 Å². The summed E-state index contributed by atoms with van der Waals surface area (Å²) >= 11 is 0. The quantitative estimate of drug-likeness (QED) is 0.790. The molecule has 0 bridgehead atoms. The first-order valence-corrected chi connectivity index (χ1v) is 9.36. The molecule has 7 nitrogen and oxygen atoms in total. The van der Waals surface area contributed by atoms with Crippen LogP contribution in [0.15, 0.2) is 36.7 Å².